The van der Waals surface area contributed by atoms with Gasteiger partial charge >= 0.3 is 0 Å². The van der Waals surface area contributed by atoms with Gasteiger partial charge in [0.05, 0.1) is 0 Å². The molecule has 0 fully saturated rings. The zero-order valence-electron chi connectivity index (χ0n) is 7.75. The maximum Gasteiger partial charge on any atom is 0.0340 e. The van der Waals surface area contributed by atoms with E-state index in [2.05, 4.69) is 31.0 Å². The van der Waals surface area contributed by atoms with Gasteiger partial charge in [-0.2, -0.15) is 0 Å². The van der Waals surface area contributed by atoms with Crippen LogP contribution in [0.4, 0.5) is 0 Å². The van der Waals surface area contributed by atoms with Crippen molar-refractivity contribution in [3.8, 4) is 0 Å². The SMILES string of the molecule is CCCC(C)=Cc1cccnc1. The van der Waals surface area contributed by atoms with Gasteiger partial charge in [0.25, 0.3) is 0 Å². The Morgan fingerprint density at radius 3 is 3.00 bits per heavy atom. The van der Waals surface area contributed by atoms with Crippen molar-refractivity contribution in [1.82, 2.24) is 4.98 Å². The highest BCUT2D eigenvalue weighted by Gasteiger charge is 1.88. The first-order valence-electron chi connectivity index (χ1n) is 4.40. The summed E-state index contributed by atoms with van der Waals surface area (Å²) in [6.07, 6.45) is 8.26. The van der Waals surface area contributed by atoms with Crippen LogP contribution in [-0.4, -0.2) is 4.98 Å². The molecule has 0 saturated heterocycles. The van der Waals surface area contributed by atoms with Crippen LogP contribution in [0.25, 0.3) is 6.08 Å². The Hall–Kier alpha value is -1.11. The number of rotatable bonds is 3. The van der Waals surface area contributed by atoms with Crippen LogP contribution in [0.15, 0.2) is 30.1 Å². The average molecular weight is 161 g/mol. The van der Waals surface area contributed by atoms with Gasteiger partial charge in [0, 0.05) is 12.4 Å². The van der Waals surface area contributed by atoms with E-state index >= 15 is 0 Å². The second-order valence-electron chi connectivity index (χ2n) is 3.03. The fourth-order valence-electron chi connectivity index (χ4n) is 1.21. The fraction of sp³-hybridized carbons (Fsp3) is 0.364. The van der Waals surface area contributed by atoms with E-state index in [0.717, 1.165) is 0 Å². The quantitative estimate of drug-likeness (QED) is 0.663. The van der Waals surface area contributed by atoms with Gasteiger partial charge in [-0.1, -0.05) is 31.1 Å². The molecule has 0 aliphatic rings. The summed E-state index contributed by atoms with van der Waals surface area (Å²) >= 11 is 0. The smallest absolute Gasteiger partial charge is 0.0340 e. The highest BCUT2D eigenvalue weighted by Crippen LogP contribution is 2.09. The van der Waals surface area contributed by atoms with Gasteiger partial charge in [-0.3, -0.25) is 4.98 Å². The molecule has 0 bridgehead atoms. The molecule has 0 spiro atoms. The third-order valence-electron chi connectivity index (χ3n) is 1.74. The summed E-state index contributed by atoms with van der Waals surface area (Å²) in [5.74, 6) is 0. The maximum atomic E-state index is 4.05. The van der Waals surface area contributed by atoms with Crippen molar-refractivity contribution >= 4 is 6.08 Å². The molecule has 1 aromatic rings. The highest BCUT2D eigenvalue weighted by molar-refractivity contribution is 5.50. The van der Waals surface area contributed by atoms with Crippen LogP contribution in [0.3, 0.4) is 0 Å². The van der Waals surface area contributed by atoms with E-state index in [1.807, 2.05) is 12.3 Å². The number of pyridine rings is 1. The number of nitrogens with zero attached hydrogens (tertiary/aromatic N) is 1. The summed E-state index contributed by atoms with van der Waals surface area (Å²) in [7, 11) is 0. The van der Waals surface area contributed by atoms with Gasteiger partial charge in [0.1, 0.15) is 0 Å². The van der Waals surface area contributed by atoms with Gasteiger partial charge in [-0.25, -0.2) is 0 Å². The van der Waals surface area contributed by atoms with Crippen LogP contribution >= 0.6 is 0 Å². The summed E-state index contributed by atoms with van der Waals surface area (Å²) in [4.78, 5) is 4.05. The molecule has 1 aromatic heterocycles. The van der Waals surface area contributed by atoms with Crippen molar-refractivity contribution < 1.29 is 0 Å². The molecule has 0 amide bonds. The molecule has 0 unspecified atom stereocenters. The van der Waals surface area contributed by atoms with Gasteiger partial charge in [0.2, 0.25) is 0 Å². The lowest BCUT2D eigenvalue weighted by molar-refractivity contribution is 0.911. The van der Waals surface area contributed by atoms with E-state index in [9.17, 15) is 0 Å². The third kappa shape index (κ3) is 2.87. The standard InChI is InChI=1S/C11H15N/c1-3-5-10(2)8-11-6-4-7-12-9-11/h4,6-9H,3,5H2,1-2H3. The molecule has 0 saturated carbocycles. The topological polar surface area (TPSA) is 12.9 Å². The Labute approximate surface area is 74.2 Å². The monoisotopic (exact) mass is 161 g/mol. The van der Waals surface area contributed by atoms with Crippen molar-refractivity contribution in [1.29, 1.82) is 0 Å². The number of hydrogen-bond donors (Lipinski definition) is 0. The molecule has 1 nitrogen and oxygen atoms in total. The van der Waals surface area contributed by atoms with Crippen molar-refractivity contribution in [3.63, 3.8) is 0 Å². The minimum atomic E-state index is 1.18. The molecular formula is C11H15N. The van der Waals surface area contributed by atoms with Crippen LogP contribution in [0.1, 0.15) is 32.3 Å². The second-order valence-corrected chi connectivity index (χ2v) is 3.03. The number of aromatic nitrogens is 1. The van der Waals surface area contributed by atoms with Crippen molar-refractivity contribution in [2.45, 2.75) is 26.7 Å². The molecule has 1 rings (SSSR count). The maximum absolute atomic E-state index is 4.05. The lowest BCUT2D eigenvalue weighted by Crippen LogP contribution is -1.78. The zero-order valence-corrected chi connectivity index (χ0v) is 7.75. The third-order valence-corrected chi connectivity index (χ3v) is 1.74. The fourth-order valence-corrected chi connectivity index (χ4v) is 1.21. The van der Waals surface area contributed by atoms with Crippen LogP contribution in [-0.2, 0) is 0 Å². The van der Waals surface area contributed by atoms with Crippen LogP contribution in [0.5, 0.6) is 0 Å². The van der Waals surface area contributed by atoms with Crippen LogP contribution in [0, 0.1) is 0 Å². The zero-order chi connectivity index (χ0) is 8.81. The Morgan fingerprint density at radius 2 is 2.42 bits per heavy atom. The van der Waals surface area contributed by atoms with Gasteiger partial charge in [-0.15, -0.1) is 0 Å². The predicted molar refractivity (Wildman–Crippen MR) is 52.8 cm³/mol. The molecular weight excluding hydrogens is 146 g/mol. The average Bonchev–Trinajstić information content (AvgIpc) is 2.06. The van der Waals surface area contributed by atoms with E-state index in [1.54, 1.807) is 6.20 Å². The second kappa shape index (κ2) is 4.70. The van der Waals surface area contributed by atoms with Gasteiger partial charge in [-0.05, 0) is 25.0 Å². The van der Waals surface area contributed by atoms with Crippen molar-refractivity contribution in [3.05, 3.63) is 35.7 Å². The van der Waals surface area contributed by atoms with E-state index in [0.29, 0.717) is 0 Å². The molecule has 0 aliphatic carbocycles. The highest BCUT2D eigenvalue weighted by atomic mass is 14.6. The van der Waals surface area contributed by atoms with Crippen molar-refractivity contribution in [2.75, 3.05) is 0 Å². The summed E-state index contributed by atoms with van der Waals surface area (Å²) in [6, 6.07) is 4.04. The lowest BCUT2D eigenvalue weighted by atomic mass is 10.1. The molecule has 0 radical (unpaired) electrons. The molecule has 0 aliphatic heterocycles. The first-order chi connectivity index (χ1) is 5.83. The normalized spacial score (nSPS) is 11.7. The minimum absolute atomic E-state index is 1.18. The molecule has 0 atom stereocenters. The Bertz CT molecular complexity index is 249. The molecule has 0 aromatic carbocycles. The summed E-state index contributed by atoms with van der Waals surface area (Å²) in [5, 5.41) is 0. The first kappa shape index (κ1) is 8.98. The molecule has 1 heterocycles. The van der Waals surface area contributed by atoms with E-state index in [1.165, 1.54) is 24.0 Å². The molecule has 64 valence electrons. The number of hydrogen-bond acceptors (Lipinski definition) is 1. The summed E-state index contributed by atoms with van der Waals surface area (Å²) in [5.41, 5.74) is 2.62. The predicted octanol–water partition coefficient (Wildman–Crippen LogP) is 3.29. The van der Waals surface area contributed by atoms with Crippen LogP contribution < -0.4 is 0 Å². The Balaban J connectivity index is 2.67. The molecule has 1 heteroatoms. The minimum Gasteiger partial charge on any atom is -0.264 e. The Morgan fingerprint density at radius 1 is 1.58 bits per heavy atom. The lowest BCUT2D eigenvalue weighted by Gasteiger charge is -1.97. The van der Waals surface area contributed by atoms with Crippen molar-refractivity contribution in [2.24, 2.45) is 0 Å². The van der Waals surface area contributed by atoms with Gasteiger partial charge < -0.3 is 0 Å². The summed E-state index contributed by atoms with van der Waals surface area (Å²) < 4.78 is 0. The van der Waals surface area contributed by atoms with E-state index < -0.39 is 0 Å². The van der Waals surface area contributed by atoms with E-state index in [4.69, 9.17) is 0 Å². The summed E-state index contributed by atoms with van der Waals surface area (Å²) in [6.45, 7) is 4.36. The molecule has 0 N–H and O–H groups in total. The van der Waals surface area contributed by atoms with Gasteiger partial charge in [0.15, 0.2) is 0 Å². The van der Waals surface area contributed by atoms with Crippen LogP contribution in [0.2, 0.25) is 0 Å². The molecule has 12 heavy (non-hydrogen) atoms. The first-order valence-corrected chi connectivity index (χ1v) is 4.40. The Kier molecular flexibility index (Phi) is 3.52. The number of allylic oxidation sites excluding steroid dienone is 1. The largest absolute Gasteiger partial charge is 0.264 e. The van der Waals surface area contributed by atoms with E-state index in [-0.39, 0.29) is 0 Å².